The second-order valence-corrected chi connectivity index (χ2v) is 4.20. The highest BCUT2D eigenvalue weighted by Crippen LogP contribution is 2.19. The van der Waals surface area contributed by atoms with Crippen LogP contribution < -0.4 is 11.1 Å². The number of fused-ring (bicyclic) bond motifs is 1. The van der Waals surface area contributed by atoms with Crippen molar-refractivity contribution >= 4 is 10.8 Å². The minimum absolute atomic E-state index is 0.162. The summed E-state index contributed by atoms with van der Waals surface area (Å²) in [6.07, 6.45) is 0. The van der Waals surface area contributed by atoms with Gasteiger partial charge in [0.1, 0.15) is 0 Å². The Morgan fingerprint density at radius 2 is 1.94 bits per heavy atom. The molecule has 3 N–H and O–H groups in total. The Bertz CT molecular complexity index is 578. The van der Waals surface area contributed by atoms with Gasteiger partial charge in [-0.05, 0) is 29.3 Å². The average Bonchev–Trinajstić information content (AvgIpc) is 2.43. The third-order valence-electron chi connectivity index (χ3n) is 3.03. The van der Waals surface area contributed by atoms with E-state index in [0.717, 1.165) is 0 Å². The minimum atomic E-state index is 0.162. The number of nitrogens with one attached hydrogen (secondary N) is 1. The number of hydrogen-bond donors (Lipinski definition) is 2. The molecule has 2 aromatic carbocycles. The van der Waals surface area contributed by atoms with Gasteiger partial charge in [0.2, 0.25) is 0 Å². The van der Waals surface area contributed by atoms with Crippen LogP contribution in [0, 0.1) is 11.8 Å². The summed E-state index contributed by atoms with van der Waals surface area (Å²) in [5.74, 6) is 5.88. The molecule has 2 rings (SSSR count). The molecule has 0 aliphatic carbocycles. The molecule has 92 valence electrons. The van der Waals surface area contributed by atoms with Crippen LogP contribution in [-0.2, 0) is 0 Å². The van der Waals surface area contributed by atoms with Crippen LogP contribution >= 0.6 is 0 Å². The van der Waals surface area contributed by atoms with E-state index < -0.39 is 0 Å². The van der Waals surface area contributed by atoms with Gasteiger partial charge in [-0.3, -0.25) is 5.32 Å². The molecule has 0 aromatic heterocycles. The summed E-state index contributed by atoms with van der Waals surface area (Å²) < 4.78 is 0. The lowest BCUT2D eigenvalue weighted by molar-refractivity contribution is 0.582. The molecule has 0 aliphatic heterocycles. The van der Waals surface area contributed by atoms with E-state index in [4.69, 9.17) is 5.73 Å². The topological polar surface area (TPSA) is 38.0 Å². The summed E-state index contributed by atoms with van der Waals surface area (Å²) in [4.78, 5) is 0. The molecule has 0 saturated heterocycles. The van der Waals surface area contributed by atoms with Crippen molar-refractivity contribution in [2.75, 3.05) is 13.1 Å². The normalized spacial score (nSPS) is 11.9. The van der Waals surface area contributed by atoms with Crippen LogP contribution in [-0.4, -0.2) is 13.1 Å². The molecule has 2 heteroatoms. The first-order chi connectivity index (χ1) is 8.85. The smallest absolute Gasteiger partial charge is 0.0581 e. The second kappa shape index (κ2) is 6.20. The van der Waals surface area contributed by atoms with Gasteiger partial charge in [0, 0.05) is 12.6 Å². The van der Waals surface area contributed by atoms with E-state index in [1.165, 1.54) is 16.3 Å². The third kappa shape index (κ3) is 2.89. The molecule has 0 amide bonds. The first kappa shape index (κ1) is 12.6. The summed E-state index contributed by atoms with van der Waals surface area (Å²) in [6, 6.07) is 15.0. The molecule has 0 heterocycles. The Morgan fingerprint density at radius 3 is 2.67 bits per heavy atom. The molecule has 0 radical (unpaired) electrons. The summed E-state index contributed by atoms with van der Waals surface area (Å²) in [5, 5.41) is 5.85. The van der Waals surface area contributed by atoms with E-state index in [2.05, 4.69) is 59.6 Å². The van der Waals surface area contributed by atoms with Crippen molar-refractivity contribution in [3.63, 3.8) is 0 Å². The SMILES string of the molecule is CC#CCNC(CN)c1ccc2ccccc2c1. The molecule has 0 spiro atoms. The average molecular weight is 238 g/mol. The zero-order valence-electron chi connectivity index (χ0n) is 10.6. The van der Waals surface area contributed by atoms with Gasteiger partial charge < -0.3 is 5.73 Å². The zero-order valence-corrected chi connectivity index (χ0v) is 10.6. The molecule has 0 aliphatic rings. The standard InChI is InChI=1S/C16H18N2/c1-2-3-10-18-16(12-17)15-9-8-13-6-4-5-7-14(13)11-15/h4-9,11,16,18H,10,12,17H2,1H3. The van der Waals surface area contributed by atoms with Gasteiger partial charge in [-0.15, -0.1) is 5.92 Å². The summed E-state index contributed by atoms with van der Waals surface area (Å²) in [5.41, 5.74) is 7.04. The van der Waals surface area contributed by atoms with Gasteiger partial charge >= 0.3 is 0 Å². The fraction of sp³-hybridized carbons (Fsp3) is 0.250. The van der Waals surface area contributed by atoms with Gasteiger partial charge in [0.25, 0.3) is 0 Å². The monoisotopic (exact) mass is 238 g/mol. The van der Waals surface area contributed by atoms with E-state index in [9.17, 15) is 0 Å². The minimum Gasteiger partial charge on any atom is -0.329 e. The number of rotatable bonds is 4. The second-order valence-electron chi connectivity index (χ2n) is 4.20. The molecule has 0 saturated carbocycles. The molecule has 0 fully saturated rings. The number of nitrogens with two attached hydrogens (primary N) is 1. The van der Waals surface area contributed by atoms with Crippen molar-refractivity contribution in [3.8, 4) is 11.8 Å². The summed E-state index contributed by atoms with van der Waals surface area (Å²) in [7, 11) is 0. The molecular formula is C16H18N2. The fourth-order valence-electron chi connectivity index (χ4n) is 2.02. The molecule has 0 bridgehead atoms. The van der Waals surface area contributed by atoms with E-state index >= 15 is 0 Å². The predicted octanol–water partition coefficient (Wildman–Crippen LogP) is 2.45. The molecule has 2 nitrogen and oxygen atoms in total. The van der Waals surface area contributed by atoms with Crippen LogP contribution in [0.5, 0.6) is 0 Å². The summed E-state index contributed by atoms with van der Waals surface area (Å²) in [6.45, 7) is 3.09. The van der Waals surface area contributed by atoms with Crippen molar-refractivity contribution in [1.82, 2.24) is 5.32 Å². The van der Waals surface area contributed by atoms with E-state index in [-0.39, 0.29) is 6.04 Å². The van der Waals surface area contributed by atoms with E-state index in [0.29, 0.717) is 13.1 Å². The van der Waals surface area contributed by atoms with Crippen molar-refractivity contribution in [3.05, 3.63) is 48.0 Å². The lowest BCUT2D eigenvalue weighted by Gasteiger charge is -2.16. The van der Waals surface area contributed by atoms with Crippen LogP contribution in [0.3, 0.4) is 0 Å². The highest BCUT2D eigenvalue weighted by Gasteiger charge is 2.08. The van der Waals surface area contributed by atoms with Crippen LogP contribution in [0.2, 0.25) is 0 Å². The lowest BCUT2D eigenvalue weighted by atomic mass is 10.0. The van der Waals surface area contributed by atoms with Crippen molar-refractivity contribution in [2.45, 2.75) is 13.0 Å². The Hall–Kier alpha value is -1.82. The number of hydrogen-bond acceptors (Lipinski definition) is 2. The third-order valence-corrected chi connectivity index (χ3v) is 3.03. The predicted molar refractivity (Wildman–Crippen MR) is 77.2 cm³/mol. The Labute approximate surface area is 108 Å². The van der Waals surface area contributed by atoms with Crippen LogP contribution in [0.1, 0.15) is 18.5 Å². The van der Waals surface area contributed by atoms with Crippen molar-refractivity contribution in [1.29, 1.82) is 0 Å². The molecule has 18 heavy (non-hydrogen) atoms. The lowest BCUT2D eigenvalue weighted by Crippen LogP contribution is -2.28. The van der Waals surface area contributed by atoms with Crippen LogP contribution in [0.25, 0.3) is 10.8 Å². The van der Waals surface area contributed by atoms with E-state index in [1.54, 1.807) is 0 Å². The first-order valence-corrected chi connectivity index (χ1v) is 6.17. The molecular weight excluding hydrogens is 220 g/mol. The Kier molecular flexibility index (Phi) is 4.35. The van der Waals surface area contributed by atoms with Gasteiger partial charge in [-0.25, -0.2) is 0 Å². The van der Waals surface area contributed by atoms with Gasteiger partial charge in [-0.2, -0.15) is 0 Å². The quantitative estimate of drug-likeness (QED) is 0.803. The van der Waals surface area contributed by atoms with Crippen LogP contribution in [0.15, 0.2) is 42.5 Å². The maximum Gasteiger partial charge on any atom is 0.0581 e. The molecule has 2 aromatic rings. The molecule has 1 atom stereocenters. The van der Waals surface area contributed by atoms with Gasteiger partial charge in [0.15, 0.2) is 0 Å². The summed E-state index contributed by atoms with van der Waals surface area (Å²) >= 11 is 0. The highest BCUT2D eigenvalue weighted by atomic mass is 14.9. The zero-order chi connectivity index (χ0) is 12.8. The maximum atomic E-state index is 5.82. The highest BCUT2D eigenvalue weighted by molar-refractivity contribution is 5.83. The van der Waals surface area contributed by atoms with Crippen molar-refractivity contribution < 1.29 is 0 Å². The van der Waals surface area contributed by atoms with E-state index in [1.807, 2.05) is 6.92 Å². The number of benzene rings is 2. The van der Waals surface area contributed by atoms with Gasteiger partial charge in [-0.1, -0.05) is 42.3 Å². The largest absolute Gasteiger partial charge is 0.329 e. The maximum absolute atomic E-state index is 5.82. The molecule has 1 unspecified atom stereocenters. The first-order valence-electron chi connectivity index (χ1n) is 6.17. The fourth-order valence-corrected chi connectivity index (χ4v) is 2.02. The Balaban J connectivity index is 2.23. The van der Waals surface area contributed by atoms with Gasteiger partial charge in [0.05, 0.1) is 6.54 Å². The van der Waals surface area contributed by atoms with Crippen LogP contribution in [0.4, 0.5) is 0 Å². The Morgan fingerprint density at radius 1 is 1.17 bits per heavy atom. The van der Waals surface area contributed by atoms with Crippen molar-refractivity contribution in [2.24, 2.45) is 5.73 Å².